The van der Waals surface area contributed by atoms with Crippen LogP contribution >= 0.6 is 0 Å². The van der Waals surface area contributed by atoms with Crippen LogP contribution in [0.15, 0.2) is 0 Å². The highest BCUT2D eigenvalue weighted by atomic mass is 16.4. The molecule has 1 rings (SSSR count). The molecule has 3 nitrogen and oxygen atoms in total. The topological polar surface area (TPSA) is 51.4 Å². The minimum atomic E-state index is -0.703. The second kappa shape index (κ2) is 2.13. The highest BCUT2D eigenvalue weighted by molar-refractivity contribution is 5.71. The number of aliphatic carboxylic acids is 1. The van der Waals surface area contributed by atoms with Crippen LogP contribution in [0.25, 0.3) is 5.32 Å². The molecule has 1 aliphatic rings. The van der Waals surface area contributed by atoms with Crippen molar-refractivity contribution >= 4 is 5.97 Å². The van der Waals surface area contributed by atoms with Crippen LogP contribution in [-0.2, 0) is 4.79 Å². The molecule has 1 unspecified atom stereocenters. The second-order valence-electron chi connectivity index (χ2n) is 1.95. The average Bonchev–Trinajstić information content (AvgIpc) is 2.12. The normalized spacial score (nSPS) is 28.2. The van der Waals surface area contributed by atoms with Gasteiger partial charge in [0.15, 0.2) is 0 Å². The van der Waals surface area contributed by atoms with Gasteiger partial charge < -0.3 is 10.4 Å². The molecule has 0 aliphatic carbocycles. The molecular formula is C5H8NO2-. The molecule has 0 amide bonds. The molecule has 0 aromatic rings. The van der Waals surface area contributed by atoms with Gasteiger partial charge in [-0.05, 0) is 0 Å². The molecule has 1 atom stereocenters. The van der Waals surface area contributed by atoms with Gasteiger partial charge in [-0.15, -0.1) is 13.1 Å². The van der Waals surface area contributed by atoms with Crippen molar-refractivity contribution in [1.29, 1.82) is 0 Å². The Morgan fingerprint density at radius 3 is 2.75 bits per heavy atom. The van der Waals surface area contributed by atoms with E-state index in [1.165, 1.54) is 0 Å². The molecule has 46 valence electrons. The zero-order valence-corrected chi connectivity index (χ0v) is 4.50. The van der Waals surface area contributed by atoms with Crippen LogP contribution in [0.4, 0.5) is 0 Å². The van der Waals surface area contributed by atoms with Gasteiger partial charge >= 0.3 is 5.97 Å². The van der Waals surface area contributed by atoms with Gasteiger partial charge in [-0.3, -0.25) is 4.79 Å². The molecule has 3 heteroatoms. The van der Waals surface area contributed by atoms with E-state index < -0.39 is 5.97 Å². The van der Waals surface area contributed by atoms with Crippen LogP contribution in [-0.4, -0.2) is 24.2 Å². The van der Waals surface area contributed by atoms with Crippen molar-refractivity contribution in [3.05, 3.63) is 5.32 Å². The first-order valence-electron chi connectivity index (χ1n) is 2.67. The summed E-state index contributed by atoms with van der Waals surface area (Å²) in [4.78, 5) is 10.1. The molecular weight excluding hydrogens is 106 g/mol. The molecule has 1 fully saturated rings. The van der Waals surface area contributed by atoms with E-state index >= 15 is 0 Å². The van der Waals surface area contributed by atoms with E-state index in [9.17, 15) is 4.79 Å². The largest absolute Gasteiger partial charge is 0.662 e. The number of carbonyl (C=O) groups is 1. The van der Waals surface area contributed by atoms with Crippen LogP contribution in [0.1, 0.15) is 6.42 Å². The summed E-state index contributed by atoms with van der Waals surface area (Å²) >= 11 is 0. The Labute approximate surface area is 47.7 Å². The van der Waals surface area contributed by atoms with Crippen molar-refractivity contribution < 1.29 is 9.90 Å². The molecule has 1 heterocycles. The van der Waals surface area contributed by atoms with E-state index in [0.29, 0.717) is 6.54 Å². The van der Waals surface area contributed by atoms with Crippen molar-refractivity contribution in [1.82, 2.24) is 0 Å². The van der Waals surface area contributed by atoms with Crippen molar-refractivity contribution in [3.8, 4) is 0 Å². The second-order valence-corrected chi connectivity index (χ2v) is 1.95. The van der Waals surface area contributed by atoms with E-state index in [-0.39, 0.29) is 5.92 Å². The van der Waals surface area contributed by atoms with E-state index in [1.54, 1.807) is 0 Å². The molecule has 0 saturated carbocycles. The van der Waals surface area contributed by atoms with Crippen molar-refractivity contribution in [2.45, 2.75) is 6.42 Å². The maximum Gasteiger partial charge on any atom is 0.304 e. The van der Waals surface area contributed by atoms with Crippen molar-refractivity contribution in [2.75, 3.05) is 13.1 Å². The van der Waals surface area contributed by atoms with Crippen molar-refractivity contribution in [2.24, 2.45) is 5.92 Å². The summed E-state index contributed by atoms with van der Waals surface area (Å²) in [5, 5.41) is 12.3. The lowest BCUT2D eigenvalue weighted by Crippen LogP contribution is -2.11. The number of carboxylic acid groups (broad SMARTS) is 1. The number of hydrogen-bond donors (Lipinski definition) is 1. The van der Waals surface area contributed by atoms with Gasteiger partial charge in [-0.2, -0.15) is 0 Å². The van der Waals surface area contributed by atoms with Gasteiger partial charge in [0.25, 0.3) is 0 Å². The first-order valence-corrected chi connectivity index (χ1v) is 2.67. The van der Waals surface area contributed by atoms with Crippen LogP contribution < -0.4 is 0 Å². The first-order chi connectivity index (χ1) is 3.80. The van der Waals surface area contributed by atoms with Crippen LogP contribution in [0.2, 0.25) is 0 Å². The fourth-order valence-corrected chi connectivity index (χ4v) is 0.787. The third kappa shape index (κ3) is 0.980. The summed E-state index contributed by atoms with van der Waals surface area (Å²) in [6.45, 7) is 1.26. The van der Waals surface area contributed by atoms with Crippen LogP contribution in [0.3, 0.4) is 0 Å². The molecule has 0 spiro atoms. The third-order valence-corrected chi connectivity index (χ3v) is 1.33. The monoisotopic (exact) mass is 114 g/mol. The van der Waals surface area contributed by atoms with Crippen molar-refractivity contribution in [3.63, 3.8) is 0 Å². The van der Waals surface area contributed by atoms with Crippen LogP contribution in [0.5, 0.6) is 0 Å². The third-order valence-electron chi connectivity index (χ3n) is 1.33. The lowest BCUT2D eigenvalue weighted by Gasteiger charge is -2.05. The summed E-state index contributed by atoms with van der Waals surface area (Å²) in [6.07, 6.45) is 0.731. The average molecular weight is 114 g/mol. The first kappa shape index (κ1) is 5.56. The van der Waals surface area contributed by atoms with Gasteiger partial charge in [0.2, 0.25) is 0 Å². The Kier molecular flexibility index (Phi) is 1.48. The predicted molar refractivity (Wildman–Crippen MR) is 28.8 cm³/mol. The lowest BCUT2D eigenvalue weighted by molar-refractivity contribution is -0.140. The van der Waals surface area contributed by atoms with E-state index in [1.807, 2.05) is 0 Å². The highest BCUT2D eigenvalue weighted by Gasteiger charge is 2.13. The maximum absolute atomic E-state index is 10.1. The minimum Gasteiger partial charge on any atom is -0.662 e. The summed E-state index contributed by atoms with van der Waals surface area (Å²) in [5.74, 6) is -0.888. The lowest BCUT2D eigenvalue weighted by atomic mass is 10.1. The van der Waals surface area contributed by atoms with Gasteiger partial charge in [0.1, 0.15) is 0 Å². The van der Waals surface area contributed by atoms with Gasteiger partial charge in [0.05, 0.1) is 0 Å². The van der Waals surface area contributed by atoms with Gasteiger partial charge in [-0.25, -0.2) is 0 Å². The maximum atomic E-state index is 10.1. The number of carboxylic acids is 1. The summed E-state index contributed by atoms with van der Waals surface area (Å²) in [5.41, 5.74) is 0. The van der Waals surface area contributed by atoms with E-state index in [0.717, 1.165) is 13.0 Å². The SMILES string of the molecule is O=C(O)C1CC[N-]C1. The smallest absolute Gasteiger partial charge is 0.304 e. The van der Waals surface area contributed by atoms with Crippen LogP contribution in [0, 0.1) is 5.92 Å². The molecule has 1 N–H and O–H groups in total. The quantitative estimate of drug-likeness (QED) is 0.538. The zero-order chi connectivity index (χ0) is 5.98. The molecule has 8 heavy (non-hydrogen) atoms. The van der Waals surface area contributed by atoms with E-state index in [2.05, 4.69) is 5.32 Å². The molecule has 0 radical (unpaired) electrons. The summed E-state index contributed by atoms with van der Waals surface area (Å²) < 4.78 is 0. The van der Waals surface area contributed by atoms with E-state index in [4.69, 9.17) is 5.11 Å². The minimum absolute atomic E-state index is 0.185. The molecule has 0 aromatic carbocycles. The standard InChI is InChI=1S/C5H8NO2/c7-5(8)4-1-2-6-3-4/h4H,1-3H2,(H,7,8)/q-1. The summed E-state index contributed by atoms with van der Waals surface area (Å²) in [6, 6.07) is 0. The Morgan fingerprint density at radius 1 is 1.75 bits per heavy atom. The Bertz CT molecular complexity index is 96.6. The fraction of sp³-hybridized carbons (Fsp3) is 0.800. The number of rotatable bonds is 1. The predicted octanol–water partition coefficient (Wildman–Crippen LogP) is 0.465. The van der Waals surface area contributed by atoms with Gasteiger partial charge in [-0.1, -0.05) is 6.42 Å². The zero-order valence-electron chi connectivity index (χ0n) is 4.50. The summed E-state index contributed by atoms with van der Waals surface area (Å²) in [7, 11) is 0. The fourth-order valence-electron chi connectivity index (χ4n) is 0.787. The molecule has 0 bridgehead atoms. The Hall–Kier alpha value is -0.570. The number of hydrogen-bond acceptors (Lipinski definition) is 1. The number of nitrogens with zero attached hydrogens (tertiary/aromatic N) is 1. The Morgan fingerprint density at radius 2 is 2.50 bits per heavy atom. The molecule has 0 aromatic heterocycles. The Balaban J connectivity index is 2.35. The van der Waals surface area contributed by atoms with Gasteiger partial charge in [0, 0.05) is 5.92 Å². The highest BCUT2D eigenvalue weighted by Crippen LogP contribution is 2.15. The molecule has 1 aliphatic heterocycles. The molecule has 1 saturated heterocycles.